The summed E-state index contributed by atoms with van der Waals surface area (Å²) in [6, 6.07) is 13.5. The average molecular weight is 290 g/mol. The minimum atomic E-state index is -1.29. The SMILES string of the molecule is COc1cccc(CS(=O)c2cccc(C(=O)O)c2)c1. The Kier molecular flexibility index (Phi) is 4.53. The molecule has 2 aromatic carbocycles. The minimum Gasteiger partial charge on any atom is -0.497 e. The van der Waals surface area contributed by atoms with Gasteiger partial charge in [0.25, 0.3) is 0 Å². The molecule has 1 N–H and O–H groups in total. The van der Waals surface area contributed by atoms with Crippen molar-refractivity contribution in [1.82, 2.24) is 0 Å². The molecule has 0 aliphatic heterocycles. The van der Waals surface area contributed by atoms with Gasteiger partial charge < -0.3 is 9.84 Å². The van der Waals surface area contributed by atoms with E-state index in [2.05, 4.69) is 0 Å². The first-order valence-corrected chi connectivity index (χ1v) is 7.26. The zero-order chi connectivity index (χ0) is 14.5. The second-order valence-electron chi connectivity index (χ2n) is 4.17. The van der Waals surface area contributed by atoms with Crippen LogP contribution in [0.25, 0.3) is 0 Å². The number of benzene rings is 2. The number of ether oxygens (including phenoxy) is 1. The normalized spacial score (nSPS) is 11.8. The highest BCUT2D eigenvalue weighted by Gasteiger charge is 2.09. The molecule has 104 valence electrons. The van der Waals surface area contributed by atoms with Crippen LogP contribution in [0.1, 0.15) is 15.9 Å². The molecule has 1 unspecified atom stereocenters. The van der Waals surface area contributed by atoms with Gasteiger partial charge >= 0.3 is 5.97 Å². The largest absolute Gasteiger partial charge is 0.497 e. The summed E-state index contributed by atoms with van der Waals surface area (Å²) in [5, 5.41) is 8.93. The minimum absolute atomic E-state index is 0.140. The van der Waals surface area contributed by atoms with Crippen LogP contribution < -0.4 is 4.74 Å². The van der Waals surface area contributed by atoms with Crippen LogP contribution in [-0.2, 0) is 16.6 Å². The van der Waals surface area contributed by atoms with Crippen LogP contribution in [-0.4, -0.2) is 22.4 Å². The zero-order valence-electron chi connectivity index (χ0n) is 10.9. The molecule has 0 radical (unpaired) electrons. The molecule has 20 heavy (non-hydrogen) atoms. The van der Waals surface area contributed by atoms with E-state index in [0.717, 1.165) is 5.56 Å². The van der Waals surface area contributed by atoms with Crippen LogP contribution in [0.3, 0.4) is 0 Å². The van der Waals surface area contributed by atoms with Gasteiger partial charge in [-0.3, -0.25) is 4.21 Å². The molecule has 0 saturated heterocycles. The van der Waals surface area contributed by atoms with Gasteiger partial charge in [0, 0.05) is 4.90 Å². The fourth-order valence-electron chi connectivity index (χ4n) is 1.77. The highest BCUT2D eigenvalue weighted by molar-refractivity contribution is 7.84. The molecule has 0 saturated carbocycles. The van der Waals surface area contributed by atoms with Crippen molar-refractivity contribution < 1.29 is 18.8 Å². The predicted octanol–water partition coefficient (Wildman–Crippen LogP) is 2.70. The Labute approximate surface area is 119 Å². The van der Waals surface area contributed by atoms with Gasteiger partial charge in [0.2, 0.25) is 0 Å². The van der Waals surface area contributed by atoms with Crippen molar-refractivity contribution in [3.05, 3.63) is 59.7 Å². The summed E-state index contributed by atoms with van der Waals surface area (Å²) in [6.45, 7) is 0. The standard InChI is InChI=1S/C15H14O4S/c1-19-13-6-2-4-11(8-13)10-20(18)14-7-3-5-12(9-14)15(16)17/h2-9H,10H2,1H3,(H,16,17). The van der Waals surface area contributed by atoms with Crippen LogP contribution >= 0.6 is 0 Å². The number of methoxy groups -OCH3 is 1. The molecule has 0 aliphatic carbocycles. The van der Waals surface area contributed by atoms with Crippen molar-refractivity contribution in [1.29, 1.82) is 0 Å². The number of hydrogen-bond donors (Lipinski definition) is 1. The Balaban J connectivity index is 2.19. The number of rotatable bonds is 5. The lowest BCUT2D eigenvalue weighted by atomic mass is 10.2. The monoisotopic (exact) mass is 290 g/mol. The first kappa shape index (κ1) is 14.3. The van der Waals surface area contributed by atoms with Gasteiger partial charge in [0.1, 0.15) is 5.75 Å². The van der Waals surface area contributed by atoms with Gasteiger partial charge in [0.15, 0.2) is 0 Å². The van der Waals surface area contributed by atoms with E-state index >= 15 is 0 Å². The number of aromatic carboxylic acids is 1. The second kappa shape index (κ2) is 6.34. The Morgan fingerprint density at radius 3 is 2.65 bits per heavy atom. The van der Waals surface area contributed by atoms with Gasteiger partial charge in [-0.25, -0.2) is 4.79 Å². The van der Waals surface area contributed by atoms with Crippen molar-refractivity contribution >= 4 is 16.8 Å². The van der Waals surface area contributed by atoms with Crippen LogP contribution in [0.4, 0.5) is 0 Å². The van der Waals surface area contributed by atoms with Crippen LogP contribution in [0, 0.1) is 0 Å². The van der Waals surface area contributed by atoms with E-state index in [1.807, 2.05) is 24.3 Å². The Bertz CT molecular complexity index is 652. The fourth-order valence-corrected chi connectivity index (χ4v) is 2.91. The van der Waals surface area contributed by atoms with E-state index in [4.69, 9.17) is 9.84 Å². The first-order chi connectivity index (χ1) is 9.60. The molecule has 0 bridgehead atoms. The van der Waals surface area contributed by atoms with E-state index in [0.29, 0.717) is 16.4 Å². The summed E-state index contributed by atoms with van der Waals surface area (Å²) in [4.78, 5) is 11.4. The van der Waals surface area contributed by atoms with Crippen LogP contribution in [0.2, 0.25) is 0 Å². The predicted molar refractivity (Wildman–Crippen MR) is 76.5 cm³/mol. The van der Waals surface area contributed by atoms with E-state index < -0.39 is 16.8 Å². The Morgan fingerprint density at radius 2 is 1.95 bits per heavy atom. The maximum atomic E-state index is 12.3. The molecule has 2 rings (SSSR count). The maximum Gasteiger partial charge on any atom is 0.335 e. The lowest BCUT2D eigenvalue weighted by Gasteiger charge is -2.05. The van der Waals surface area contributed by atoms with Gasteiger partial charge in [-0.2, -0.15) is 0 Å². The molecule has 4 nitrogen and oxygen atoms in total. The van der Waals surface area contributed by atoms with E-state index in [9.17, 15) is 9.00 Å². The topological polar surface area (TPSA) is 63.6 Å². The third-order valence-corrected chi connectivity index (χ3v) is 4.15. The fraction of sp³-hybridized carbons (Fsp3) is 0.133. The summed E-state index contributed by atoms with van der Waals surface area (Å²) in [6.07, 6.45) is 0. The van der Waals surface area contributed by atoms with Crippen LogP contribution in [0.5, 0.6) is 5.75 Å². The van der Waals surface area contributed by atoms with Crippen LogP contribution in [0.15, 0.2) is 53.4 Å². The molecule has 1 atom stereocenters. The van der Waals surface area contributed by atoms with E-state index in [1.54, 1.807) is 19.2 Å². The summed E-state index contributed by atoms with van der Waals surface area (Å²) in [5.41, 5.74) is 1.02. The quantitative estimate of drug-likeness (QED) is 0.919. The summed E-state index contributed by atoms with van der Waals surface area (Å²) >= 11 is 0. The van der Waals surface area contributed by atoms with Crippen molar-refractivity contribution in [2.75, 3.05) is 7.11 Å². The zero-order valence-corrected chi connectivity index (χ0v) is 11.7. The maximum absolute atomic E-state index is 12.3. The first-order valence-electron chi connectivity index (χ1n) is 5.95. The molecule has 5 heteroatoms. The molecule has 0 aliphatic rings. The molecular formula is C15H14O4S. The van der Waals surface area contributed by atoms with E-state index in [-0.39, 0.29) is 5.56 Å². The Morgan fingerprint density at radius 1 is 1.20 bits per heavy atom. The number of carboxylic acids is 1. The van der Waals surface area contributed by atoms with E-state index in [1.165, 1.54) is 12.1 Å². The summed E-state index contributed by atoms with van der Waals surface area (Å²) in [5.74, 6) is 0.00399. The molecule has 0 amide bonds. The van der Waals surface area contributed by atoms with Gasteiger partial charge in [-0.1, -0.05) is 18.2 Å². The van der Waals surface area contributed by atoms with Gasteiger partial charge in [-0.15, -0.1) is 0 Å². The molecule has 0 heterocycles. The second-order valence-corrected chi connectivity index (χ2v) is 5.63. The number of hydrogen-bond acceptors (Lipinski definition) is 3. The number of carbonyl (C=O) groups is 1. The smallest absolute Gasteiger partial charge is 0.335 e. The van der Waals surface area contributed by atoms with Crippen molar-refractivity contribution in [3.8, 4) is 5.75 Å². The lowest BCUT2D eigenvalue weighted by Crippen LogP contribution is -2.01. The molecule has 0 spiro atoms. The molecular weight excluding hydrogens is 276 g/mol. The molecule has 0 aromatic heterocycles. The van der Waals surface area contributed by atoms with Gasteiger partial charge in [0.05, 0.1) is 29.2 Å². The molecule has 2 aromatic rings. The highest BCUT2D eigenvalue weighted by Crippen LogP contribution is 2.18. The summed E-state index contributed by atoms with van der Waals surface area (Å²) in [7, 11) is 0.285. The summed E-state index contributed by atoms with van der Waals surface area (Å²) < 4.78 is 17.4. The molecule has 0 fully saturated rings. The van der Waals surface area contributed by atoms with Crippen molar-refractivity contribution in [2.45, 2.75) is 10.6 Å². The van der Waals surface area contributed by atoms with Crippen molar-refractivity contribution in [2.24, 2.45) is 0 Å². The lowest BCUT2D eigenvalue weighted by molar-refractivity contribution is 0.0696. The third kappa shape index (κ3) is 3.45. The Hall–Kier alpha value is -2.14. The van der Waals surface area contributed by atoms with Crippen molar-refractivity contribution in [3.63, 3.8) is 0 Å². The van der Waals surface area contributed by atoms with Gasteiger partial charge in [-0.05, 0) is 35.9 Å². The average Bonchev–Trinajstić information content (AvgIpc) is 2.47. The number of carboxylic acid groups (broad SMARTS) is 1. The third-order valence-electron chi connectivity index (χ3n) is 2.78. The highest BCUT2D eigenvalue weighted by atomic mass is 32.2.